The molecule has 132 valence electrons. The summed E-state index contributed by atoms with van der Waals surface area (Å²) in [7, 11) is 0. The van der Waals surface area contributed by atoms with Crippen LogP contribution in [0.25, 0.3) is 0 Å². The highest BCUT2D eigenvalue weighted by Gasteiger charge is 2.43. The SMILES string of the molecule is ClCC1CCC2CC(C3CC(Cl)C4CCCCC4C3)CCC2C1. The predicted octanol–water partition coefficient (Wildman–Crippen LogP) is 6.88. The molecule has 23 heavy (non-hydrogen) atoms. The molecule has 8 atom stereocenters. The van der Waals surface area contributed by atoms with Crippen molar-refractivity contribution < 1.29 is 0 Å². The van der Waals surface area contributed by atoms with Crippen molar-refractivity contribution in [2.24, 2.45) is 41.4 Å². The van der Waals surface area contributed by atoms with Crippen molar-refractivity contribution in [3.05, 3.63) is 0 Å². The summed E-state index contributed by atoms with van der Waals surface area (Å²) < 4.78 is 0. The van der Waals surface area contributed by atoms with Crippen molar-refractivity contribution >= 4 is 23.2 Å². The topological polar surface area (TPSA) is 0 Å². The molecule has 0 N–H and O–H groups in total. The molecule has 0 aromatic heterocycles. The zero-order valence-electron chi connectivity index (χ0n) is 14.6. The average Bonchev–Trinajstić information content (AvgIpc) is 2.60. The minimum Gasteiger partial charge on any atom is -0.126 e. The van der Waals surface area contributed by atoms with Gasteiger partial charge in [-0.3, -0.25) is 0 Å². The molecule has 8 unspecified atom stereocenters. The van der Waals surface area contributed by atoms with Gasteiger partial charge in [-0.2, -0.15) is 0 Å². The molecule has 4 rings (SSSR count). The van der Waals surface area contributed by atoms with E-state index in [-0.39, 0.29) is 0 Å². The molecule has 4 aliphatic rings. The van der Waals surface area contributed by atoms with Gasteiger partial charge in [-0.15, -0.1) is 23.2 Å². The van der Waals surface area contributed by atoms with Gasteiger partial charge < -0.3 is 0 Å². The lowest BCUT2D eigenvalue weighted by Gasteiger charge is -2.48. The minimum atomic E-state index is 0.490. The summed E-state index contributed by atoms with van der Waals surface area (Å²) in [5.74, 6) is 7.50. The summed E-state index contributed by atoms with van der Waals surface area (Å²) in [6, 6.07) is 0. The summed E-state index contributed by atoms with van der Waals surface area (Å²) in [6.07, 6.45) is 17.4. The first kappa shape index (κ1) is 17.0. The summed E-state index contributed by atoms with van der Waals surface area (Å²) in [6.45, 7) is 0. The fraction of sp³-hybridized carbons (Fsp3) is 1.00. The molecule has 4 fully saturated rings. The molecule has 0 aromatic carbocycles. The summed E-state index contributed by atoms with van der Waals surface area (Å²) in [5.41, 5.74) is 0. The molecular formula is C21H34Cl2. The van der Waals surface area contributed by atoms with E-state index in [9.17, 15) is 0 Å². The normalized spacial score (nSPS) is 50.9. The lowest BCUT2D eigenvalue weighted by molar-refractivity contribution is 0.0410. The Balaban J connectivity index is 1.36. The smallest absolute Gasteiger partial charge is 0.0369 e. The predicted molar refractivity (Wildman–Crippen MR) is 100 cm³/mol. The van der Waals surface area contributed by atoms with Gasteiger partial charge in [-0.05, 0) is 99.2 Å². The van der Waals surface area contributed by atoms with Crippen molar-refractivity contribution in [1.29, 1.82) is 0 Å². The molecule has 4 aliphatic carbocycles. The summed E-state index contributed by atoms with van der Waals surface area (Å²) in [5, 5.41) is 0.490. The van der Waals surface area contributed by atoms with Crippen LogP contribution in [0.3, 0.4) is 0 Å². The van der Waals surface area contributed by atoms with Crippen LogP contribution in [0.2, 0.25) is 0 Å². The van der Waals surface area contributed by atoms with Gasteiger partial charge in [0, 0.05) is 11.3 Å². The van der Waals surface area contributed by atoms with Crippen LogP contribution >= 0.6 is 23.2 Å². The van der Waals surface area contributed by atoms with Crippen molar-refractivity contribution in [3.8, 4) is 0 Å². The van der Waals surface area contributed by atoms with Gasteiger partial charge in [0.2, 0.25) is 0 Å². The Kier molecular flexibility index (Phi) is 5.51. The first-order valence-electron chi connectivity index (χ1n) is 10.4. The van der Waals surface area contributed by atoms with Gasteiger partial charge >= 0.3 is 0 Å². The Morgan fingerprint density at radius 3 is 2.09 bits per heavy atom. The quantitative estimate of drug-likeness (QED) is 0.472. The number of fused-ring (bicyclic) bond motifs is 2. The van der Waals surface area contributed by atoms with Gasteiger partial charge in [-0.1, -0.05) is 19.3 Å². The van der Waals surface area contributed by atoms with Gasteiger partial charge in [-0.25, -0.2) is 0 Å². The lowest BCUT2D eigenvalue weighted by Crippen LogP contribution is -2.40. The molecule has 0 saturated heterocycles. The van der Waals surface area contributed by atoms with Crippen LogP contribution in [-0.4, -0.2) is 11.3 Å². The summed E-state index contributed by atoms with van der Waals surface area (Å²) in [4.78, 5) is 0. The Hall–Kier alpha value is 0.580. The van der Waals surface area contributed by atoms with Gasteiger partial charge in [0.25, 0.3) is 0 Å². The molecule has 0 bridgehead atoms. The Morgan fingerprint density at radius 2 is 1.26 bits per heavy atom. The van der Waals surface area contributed by atoms with Crippen LogP contribution in [0.5, 0.6) is 0 Å². The van der Waals surface area contributed by atoms with E-state index in [4.69, 9.17) is 23.2 Å². The first-order valence-corrected chi connectivity index (χ1v) is 11.4. The van der Waals surface area contributed by atoms with E-state index < -0.39 is 0 Å². The average molecular weight is 357 g/mol. The number of halogens is 2. The maximum absolute atomic E-state index is 6.86. The van der Waals surface area contributed by atoms with Crippen LogP contribution in [0.4, 0.5) is 0 Å². The molecule has 2 heteroatoms. The molecule has 4 saturated carbocycles. The second-order valence-electron chi connectivity index (χ2n) is 9.38. The highest BCUT2D eigenvalue weighted by atomic mass is 35.5. The molecule has 0 aromatic rings. The molecule has 0 aliphatic heterocycles. The molecule has 0 radical (unpaired) electrons. The largest absolute Gasteiger partial charge is 0.126 e. The third kappa shape index (κ3) is 3.59. The van der Waals surface area contributed by atoms with Gasteiger partial charge in [0.05, 0.1) is 0 Å². The van der Waals surface area contributed by atoms with Crippen LogP contribution < -0.4 is 0 Å². The number of hydrogen-bond donors (Lipinski definition) is 0. The van der Waals surface area contributed by atoms with Crippen molar-refractivity contribution in [2.45, 2.75) is 82.4 Å². The maximum Gasteiger partial charge on any atom is 0.0369 e. The van der Waals surface area contributed by atoms with E-state index in [1.165, 1.54) is 77.0 Å². The Bertz CT molecular complexity index is 395. The van der Waals surface area contributed by atoms with E-state index in [0.29, 0.717) is 5.38 Å². The fourth-order valence-electron chi connectivity index (χ4n) is 6.93. The van der Waals surface area contributed by atoms with Crippen molar-refractivity contribution in [1.82, 2.24) is 0 Å². The van der Waals surface area contributed by atoms with Crippen molar-refractivity contribution in [2.75, 3.05) is 5.88 Å². The third-order valence-corrected chi connectivity index (χ3v) is 9.15. The zero-order valence-corrected chi connectivity index (χ0v) is 16.1. The van der Waals surface area contributed by atoms with Crippen LogP contribution in [0.15, 0.2) is 0 Å². The molecule has 0 amide bonds. The molecule has 0 spiro atoms. The van der Waals surface area contributed by atoms with Crippen molar-refractivity contribution in [3.63, 3.8) is 0 Å². The maximum atomic E-state index is 6.86. The van der Waals surface area contributed by atoms with E-state index in [1.54, 1.807) is 0 Å². The Labute approximate surface area is 153 Å². The molecule has 0 nitrogen and oxygen atoms in total. The second kappa shape index (κ2) is 7.45. The minimum absolute atomic E-state index is 0.490. The standard InChI is InChI=1S/C21H34Cl2/c22-13-14-5-6-16-10-17(8-7-15(16)9-14)19-11-18-3-1-2-4-20(18)21(23)12-19/h14-21H,1-13H2. The van der Waals surface area contributed by atoms with E-state index in [2.05, 4.69) is 0 Å². The van der Waals surface area contributed by atoms with E-state index in [0.717, 1.165) is 47.3 Å². The van der Waals surface area contributed by atoms with E-state index in [1.807, 2.05) is 0 Å². The Morgan fingerprint density at radius 1 is 0.609 bits per heavy atom. The highest BCUT2D eigenvalue weighted by Crippen LogP contribution is 2.52. The highest BCUT2D eigenvalue weighted by molar-refractivity contribution is 6.20. The van der Waals surface area contributed by atoms with Gasteiger partial charge in [0.1, 0.15) is 0 Å². The third-order valence-electron chi connectivity index (χ3n) is 8.21. The number of alkyl halides is 2. The molecule has 0 heterocycles. The first-order chi connectivity index (χ1) is 11.2. The molecular weight excluding hydrogens is 323 g/mol. The number of rotatable bonds is 2. The second-order valence-corrected chi connectivity index (χ2v) is 10.3. The fourth-order valence-corrected chi connectivity index (χ4v) is 7.77. The van der Waals surface area contributed by atoms with Crippen LogP contribution in [0.1, 0.15) is 77.0 Å². The van der Waals surface area contributed by atoms with E-state index >= 15 is 0 Å². The van der Waals surface area contributed by atoms with Crippen LogP contribution in [-0.2, 0) is 0 Å². The van der Waals surface area contributed by atoms with Crippen LogP contribution in [0, 0.1) is 41.4 Å². The number of hydrogen-bond acceptors (Lipinski definition) is 0. The monoisotopic (exact) mass is 356 g/mol. The summed E-state index contributed by atoms with van der Waals surface area (Å²) >= 11 is 13.0. The van der Waals surface area contributed by atoms with Gasteiger partial charge in [0.15, 0.2) is 0 Å². The lowest BCUT2D eigenvalue weighted by atomic mass is 9.58. The zero-order chi connectivity index (χ0) is 15.8.